The van der Waals surface area contributed by atoms with Crippen LogP contribution in [-0.2, 0) is 0 Å². The van der Waals surface area contributed by atoms with E-state index in [0.717, 1.165) is 0 Å². The lowest BCUT2D eigenvalue weighted by molar-refractivity contribution is -0.963. The summed E-state index contributed by atoms with van der Waals surface area (Å²) in [7, 11) is 0. The van der Waals surface area contributed by atoms with E-state index in [0.29, 0.717) is 0 Å². The Labute approximate surface area is 119 Å². The van der Waals surface area contributed by atoms with E-state index in [1.807, 2.05) is 0 Å². The van der Waals surface area contributed by atoms with Crippen LogP contribution in [-0.4, -0.2) is 57.3 Å². The summed E-state index contributed by atoms with van der Waals surface area (Å²) >= 11 is 0. The summed E-state index contributed by atoms with van der Waals surface area (Å²) in [5.74, 6) is -4.67. The molecule has 0 radical (unpaired) electrons. The Hall–Kier alpha value is -4.20. The van der Waals surface area contributed by atoms with E-state index in [1.165, 1.54) is 0 Å². The van der Waals surface area contributed by atoms with Gasteiger partial charge < -0.3 is 0 Å². The molecule has 0 spiro atoms. The highest BCUT2D eigenvalue weighted by atomic mass is 16.8. The quantitative estimate of drug-likeness (QED) is 0.266. The molecular formula is C2HN9O12. The summed E-state index contributed by atoms with van der Waals surface area (Å²) in [6.45, 7) is 0. The zero-order valence-corrected chi connectivity index (χ0v) is 10.0. The van der Waals surface area contributed by atoms with Gasteiger partial charge >= 0.3 is 12.0 Å². The summed E-state index contributed by atoms with van der Waals surface area (Å²) in [4.78, 5) is 58.5. The van der Waals surface area contributed by atoms with Gasteiger partial charge in [-0.1, -0.05) is 0 Å². The first-order valence-electron chi connectivity index (χ1n) is 4.67. The maximum atomic E-state index is 10.9. The van der Waals surface area contributed by atoms with Gasteiger partial charge in [-0.25, -0.2) is 30.3 Å². The average molecular weight is 343 g/mol. The molecule has 1 atom stereocenters. The lowest BCUT2D eigenvalue weighted by atomic mass is 10.3. The molecule has 0 aromatic rings. The van der Waals surface area contributed by atoms with Crippen molar-refractivity contribution in [2.75, 3.05) is 0 Å². The Balaban J connectivity index is 3.93. The fourth-order valence-electron chi connectivity index (χ4n) is 1.69. The fraction of sp³-hybridized carbons (Fsp3) is 1.00. The van der Waals surface area contributed by atoms with Gasteiger partial charge in [-0.3, -0.25) is 30.3 Å². The Morgan fingerprint density at radius 1 is 0.696 bits per heavy atom. The highest BCUT2D eigenvalue weighted by Crippen LogP contribution is 2.36. The summed E-state index contributed by atoms with van der Waals surface area (Å²) < 4.78 is 0. The molecule has 1 aliphatic rings. The van der Waals surface area contributed by atoms with E-state index in [-0.39, 0.29) is 0 Å². The van der Waals surface area contributed by atoms with Crippen LogP contribution < -0.4 is 0 Å². The van der Waals surface area contributed by atoms with Crippen LogP contribution in [0.15, 0.2) is 0 Å². The van der Waals surface area contributed by atoms with Crippen molar-refractivity contribution >= 4 is 0 Å². The number of hydrazine groups is 5. The van der Waals surface area contributed by atoms with E-state index >= 15 is 0 Å². The second-order valence-corrected chi connectivity index (χ2v) is 3.45. The van der Waals surface area contributed by atoms with Crippen LogP contribution >= 0.6 is 0 Å². The van der Waals surface area contributed by atoms with Crippen molar-refractivity contribution in [1.29, 1.82) is 0 Å². The first-order chi connectivity index (χ1) is 10.4. The van der Waals surface area contributed by atoms with E-state index in [2.05, 4.69) is 0 Å². The van der Waals surface area contributed by atoms with E-state index in [9.17, 15) is 60.7 Å². The van der Waals surface area contributed by atoms with Crippen molar-refractivity contribution in [2.24, 2.45) is 0 Å². The molecule has 1 unspecified atom stereocenters. The predicted molar refractivity (Wildman–Crippen MR) is 54.0 cm³/mol. The topological polar surface area (TPSA) is 269 Å². The molecule has 0 aliphatic carbocycles. The number of rotatable bonds is 6. The minimum atomic E-state index is -4.67. The number of nitrogens with zero attached hydrogens (tertiary/aromatic N) is 9. The molecule has 21 heteroatoms. The van der Waals surface area contributed by atoms with Gasteiger partial charge in [0, 0.05) is 0 Å². The molecule has 0 aromatic heterocycles. The second kappa shape index (κ2) is 4.97. The maximum absolute atomic E-state index is 10.9. The Morgan fingerprint density at radius 2 is 1.13 bits per heavy atom. The molecule has 0 N–H and O–H groups in total. The molecule has 1 heterocycles. The largest absolute Gasteiger partial charge is 0.711 e. The van der Waals surface area contributed by atoms with Crippen LogP contribution in [0.3, 0.4) is 0 Å². The first-order valence-corrected chi connectivity index (χ1v) is 4.67. The molecule has 0 aromatic carbocycles. The molecule has 1 fully saturated rings. The van der Waals surface area contributed by atoms with Crippen LogP contribution in [0.25, 0.3) is 0 Å². The minimum absolute atomic E-state index is 1.31. The lowest BCUT2D eigenvalue weighted by Crippen LogP contribution is -2.67. The molecule has 0 amide bonds. The van der Waals surface area contributed by atoms with Crippen molar-refractivity contribution in [3.63, 3.8) is 0 Å². The van der Waals surface area contributed by atoms with Crippen molar-refractivity contribution in [1.82, 2.24) is 15.5 Å². The smallest absolute Gasteiger partial charge is 0.261 e. The van der Waals surface area contributed by atoms with Crippen molar-refractivity contribution < 1.29 is 29.9 Å². The van der Waals surface area contributed by atoms with Crippen molar-refractivity contribution in [2.45, 2.75) is 12.0 Å². The van der Waals surface area contributed by atoms with Gasteiger partial charge in [0.2, 0.25) is 20.4 Å². The van der Waals surface area contributed by atoms with Crippen LogP contribution in [0.2, 0.25) is 0 Å². The average Bonchev–Trinajstić information content (AvgIpc) is 2.71. The van der Waals surface area contributed by atoms with Gasteiger partial charge in [0.25, 0.3) is 0 Å². The van der Waals surface area contributed by atoms with E-state index in [1.54, 1.807) is 0 Å². The Bertz CT molecular complexity index is 572. The second-order valence-electron chi connectivity index (χ2n) is 3.45. The van der Waals surface area contributed by atoms with Gasteiger partial charge in [0.1, 0.15) is 15.0 Å². The molecule has 23 heavy (non-hydrogen) atoms. The van der Waals surface area contributed by atoms with Gasteiger partial charge in [-0.05, 0) is 0 Å². The van der Waals surface area contributed by atoms with Gasteiger partial charge in [-0.15, -0.1) is 0 Å². The zero-order valence-electron chi connectivity index (χ0n) is 10.0. The normalized spacial score (nSPS) is 19.3. The number of hydrogen-bond donors (Lipinski definition) is 0. The molecule has 21 nitrogen and oxygen atoms in total. The molecule has 0 saturated carbocycles. The van der Waals surface area contributed by atoms with Crippen LogP contribution in [0.4, 0.5) is 0 Å². The minimum Gasteiger partial charge on any atom is -0.261 e. The number of nitro groups is 6. The summed E-state index contributed by atoms with van der Waals surface area (Å²) in [5, 5.41) is 54.5. The molecule has 0 bridgehead atoms. The summed E-state index contributed by atoms with van der Waals surface area (Å²) in [6, 6.07) is 0. The highest BCUT2D eigenvalue weighted by Gasteiger charge is 2.97. The third kappa shape index (κ3) is 1.94. The third-order valence-corrected chi connectivity index (χ3v) is 2.42. The van der Waals surface area contributed by atoms with E-state index in [4.69, 9.17) is 0 Å². The lowest BCUT2D eigenvalue weighted by Gasteiger charge is -2.12. The summed E-state index contributed by atoms with van der Waals surface area (Å²) in [6.07, 6.45) is -3.72. The summed E-state index contributed by atoms with van der Waals surface area (Å²) in [5.41, 5.74) is 0. The molecule has 1 aliphatic heterocycles. The molecule has 1 saturated heterocycles. The molecule has 126 valence electrons. The predicted octanol–water partition coefficient (Wildman–Crippen LogP) is -2.88. The van der Waals surface area contributed by atoms with Gasteiger partial charge in [0.15, 0.2) is 5.03 Å². The van der Waals surface area contributed by atoms with Crippen molar-refractivity contribution in [3.05, 3.63) is 60.7 Å². The van der Waals surface area contributed by atoms with Gasteiger partial charge in [0.05, 0.1) is 4.92 Å². The van der Waals surface area contributed by atoms with Crippen LogP contribution in [0, 0.1) is 60.7 Å². The maximum Gasteiger partial charge on any atom is 0.711 e. The van der Waals surface area contributed by atoms with Gasteiger partial charge in [-0.2, -0.15) is 0 Å². The SMILES string of the molecule is O=[N+]([O-])C1N([N+](=O)[O-])N([N+](=O)[O-])N([N+](=O)[O-])C1([N+](=O)[O-])[N+](=O)[O-]. The highest BCUT2D eigenvalue weighted by molar-refractivity contribution is 4.74. The molecule has 1 rings (SSSR count). The van der Waals surface area contributed by atoms with Crippen molar-refractivity contribution in [3.8, 4) is 0 Å². The third-order valence-electron chi connectivity index (χ3n) is 2.42. The standard InChI is InChI=1S/C2HN9O12/c12-4(13)1-2(6(14)15,7(16)17)5(10(20)21)8(11(22)23)3(1)9(18)19/h1H. The monoisotopic (exact) mass is 343 g/mol. The zero-order chi connectivity index (χ0) is 18.3. The molecular weight excluding hydrogens is 342 g/mol. The Kier molecular flexibility index (Phi) is 3.64. The number of hydrogen-bond acceptors (Lipinski definition) is 12. The van der Waals surface area contributed by atoms with E-state index < -0.39 is 57.3 Å². The first kappa shape index (κ1) is 16.9. The van der Waals surface area contributed by atoms with Crippen LogP contribution in [0.5, 0.6) is 0 Å². The fourth-order valence-corrected chi connectivity index (χ4v) is 1.69. The Morgan fingerprint density at radius 3 is 1.35 bits per heavy atom. The van der Waals surface area contributed by atoms with Crippen LogP contribution in [0.1, 0.15) is 0 Å².